The van der Waals surface area contributed by atoms with E-state index in [4.69, 9.17) is 0 Å². The first kappa shape index (κ1) is 18.2. The van der Waals surface area contributed by atoms with Gasteiger partial charge in [0.1, 0.15) is 0 Å². The quantitative estimate of drug-likeness (QED) is 0.816. The van der Waals surface area contributed by atoms with Crippen LogP contribution in [0, 0.1) is 12.7 Å². The van der Waals surface area contributed by atoms with Crippen LogP contribution in [0.2, 0.25) is 0 Å². The van der Waals surface area contributed by atoms with Crippen LogP contribution in [0.1, 0.15) is 25.0 Å². The van der Waals surface area contributed by atoms with Gasteiger partial charge in [-0.15, -0.1) is 0 Å². The van der Waals surface area contributed by atoms with Crippen molar-refractivity contribution in [1.29, 1.82) is 0 Å². The fourth-order valence-corrected chi connectivity index (χ4v) is 4.40. The molecule has 0 aliphatic carbocycles. The van der Waals surface area contributed by atoms with Crippen LogP contribution in [-0.2, 0) is 20.2 Å². The van der Waals surface area contributed by atoms with Gasteiger partial charge in [-0.1, -0.05) is 0 Å². The fraction of sp³-hybridized carbons (Fsp3) is 0.353. The molecule has 2 heterocycles. The topological polar surface area (TPSA) is 83.5 Å². The molecule has 26 heavy (non-hydrogen) atoms. The summed E-state index contributed by atoms with van der Waals surface area (Å²) in [6.07, 6.45) is 1.80. The average molecular weight is 378 g/mol. The maximum atomic E-state index is 13.0. The van der Waals surface area contributed by atoms with E-state index >= 15 is 0 Å². The number of rotatable bonds is 3. The lowest BCUT2D eigenvalue weighted by molar-refractivity contribution is -0.121. The molecule has 9 heteroatoms. The summed E-state index contributed by atoms with van der Waals surface area (Å²) in [5.74, 6) is -0.895. The van der Waals surface area contributed by atoms with Gasteiger partial charge in [-0.05, 0) is 44.0 Å². The molecule has 3 rings (SSSR count). The van der Waals surface area contributed by atoms with Crippen molar-refractivity contribution in [3.05, 3.63) is 41.5 Å². The van der Waals surface area contributed by atoms with E-state index < -0.39 is 21.3 Å². The van der Waals surface area contributed by atoms with Crippen LogP contribution < -0.4 is 9.21 Å². The maximum Gasteiger partial charge on any atom is 0.266 e. The highest BCUT2D eigenvalue weighted by molar-refractivity contribution is 7.92. The number of aromatic nitrogens is 2. The van der Waals surface area contributed by atoms with Gasteiger partial charge >= 0.3 is 0 Å². The number of hydrogen-bond acceptors (Lipinski definition) is 5. The number of sulfonamides is 1. The predicted octanol–water partition coefficient (Wildman–Crippen LogP) is 2.00. The normalized spacial score (nSPS) is 15.9. The second kappa shape index (κ2) is 5.73. The Kier molecular flexibility index (Phi) is 4.02. The molecule has 0 saturated heterocycles. The number of amides is 1. The maximum absolute atomic E-state index is 13.0. The molecule has 0 atom stereocenters. The van der Waals surface area contributed by atoms with E-state index in [0.29, 0.717) is 11.1 Å². The minimum absolute atomic E-state index is 0.0281. The number of anilines is 2. The van der Waals surface area contributed by atoms with Gasteiger partial charge in [-0.3, -0.25) is 4.79 Å². The molecule has 2 aromatic rings. The Bertz CT molecular complexity index is 1000. The summed E-state index contributed by atoms with van der Waals surface area (Å²) < 4.78 is 39.9. The van der Waals surface area contributed by atoms with E-state index in [1.54, 1.807) is 32.7 Å². The molecular formula is C17H19FN4O3S. The summed E-state index contributed by atoms with van der Waals surface area (Å²) in [7, 11) is -1.00. The monoisotopic (exact) mass is 378 g/mol. The second-order valence-electron chi connectivity index (χ2n) is 6.80. The van der Waals surface area contributed by atoms with Crippen molar-refractivity contribution in [2.75, 3.05) is 23.3 Å². The molecule has 1 aliphatic heterocycles. The summed E-state index contributed by atoms with van der Waals surface area (Å²) >= 11 is 0. The van der Waals surface area contributed by atoms with Gasteiger partial charge in [0.25, 0.3) is 10.0 Å². The molecule has 0 fully saturated rings. The van der Waals surface area contributed by atoms with E-state index in [0.717, 1.165) is 22.4 Å². The van der Waals surface area contributed by atoms with Crippen molar-refractivity contribution in [2.24, 2.45) is 0 Å². The third-order valence-electron chi connectivity index (χ3n) is 4.67. The van der Waals surface area contributed by atoms with E-state index in [9.17, 15) is 17.6 Å². The number of nitrogens with zero attached hydrogens (tertiary/aromatic N) is 4. The molecule has 1 aliphatic rings. The van der Waals surface area contributed by atoms with Crippen molar-refractivity contribution >= 4 is 27.6 Å². The molecule has 0 radical (unpaired) electrons. The summed E-state index contributed by atoms with van der Waals surface area (Å²) in [6, 6.07) is 3.03. The number of aryl methyl sites for hydroxylation is 1. The van der Waals surface area contributed by atoms with Crippen LogP contribution in [-0.4, -0.2) is 38.4 Å². The third-order valence-corrected chi connectivity index (χ3v) is 6.38. The van der Waals surface area contributed by atoms with Gasteiger partial charge in [-0.2, -0.15) is 0 Å². The highest BCUT2D eigenvalue weighted by Gasteiger charge is 2.44. The largest absolute Gasteiger partial charge is 0.314 e. The number of carbonyl (C=O) groups is 1. The summed E-state index contributed by atoms with van der Waals surface area (Å²) in [5.41, 5.74) is 1.22. The van der Waals surface area contributed by atoms with Crippen LogP contribution in [0.4, 0.5) is 16.0 Å². The Labute approximate surface area is 151 Å². The molecule has 1 amide bonds. The van der Waals surface area contributed by atoms with Crippen molar-refractivity contribution in [2.45, 2.75) is 31.1 Å². The molecule has 0 bridgehead atoms. The van der Waals surface area contributed by atoms with E-state index in [1.165, 1.54) is 19.2 Å². The van der Waals surface area contributed by atoms with Gasteiger partial charge in [-0.25, -0.2) is 27.1 Å². The van der Waals surface area contributed by atoms with Crippen LogP contribution in [0.5, 0.6) is 0 Å². The van der Waals surface area contributed by atoms with E-state index in [1.807, 2.05) is 0 Å². The van der Waals surface area contributed by atoms with E-state index in [2.05, 4.69) is 9.97 Å². The number of carbonyl (C=O) groups excluding carboxylic acids is 1. The number of benzene rings is 1. The lowest BCUT2D eigenvalue weighted by Gasteiger charge is -2.20. The standard InChI is InChI=1S/C17H19FN4O3S/c1-10-6-12(7-13-14(10)21(4)15(23)17(13,2)3)26(24,25)22(5)16-19-8-11(18)9-20-16/h6-9H,1-5H3. The zero-order valence-electron chi connectivity index (χ0n) is 15.1. The first-order valence-corrected chi connectivity index (χ1v) is 9.31. The van der Waals surface area contributed by atoms with Gasteiger partial charge in [0, 0.05) is 14.1 Å². The summed E-state index contributed by atoms with van der Waals surface area (Å²) in [5, 5.41) is 0. The Morgan fingerprint density at radius 2 is 1.77 bits per heavy atom. The molecule has 138 valence electrons. The molecule has 0 N–H and O–H groups in total. The minimum atomic E-state index is -3.98. The second-order valence-corrected chi connectivity index (χ2v) is 8.77. The van der Waals surface area contributed by atoms with Crippen molar-refractivity contribution < 1.29 is 17.6 Å². The van der Waals surface area contributed by atoms with Crippen LogP contribution in [0.3, 0.4) is 0 Å². The first-order chi connectivity index (χ1) is 12.0. The molecule has 1 aromatic heterocycles. The Hall–Kier alpha value is -2.55. The zero-order chi connectivity index (χ0) is 19.4. The van der Waals surface area contributed by atoms with Gasteiger partial charge < -0.3 is 4.90 Å². The SMILES string of the molecule is Cc1cc(S(=O)(=O)N(C)c2ncc(F)cn2)cc2c1N(C)C(=O)C2(C)C. The van der Waals surface area contributed by atoms with Crippen LogP contribution in [0.25, 0.3) is 0 Å². The first-order valence-electron chi connectivity index (χ1n) is 7.87. The molecule has 0 spiro atoms. The van der Waals surface area contributed by atoms with Crippen molar-refractivity contribution in [3.63, 3.8) is 0 Å². The molecular weight excluding hydrogens is 359 g/mol. The minimum Gasteiger partial charge on any atom is -0.314 e. The molecule has 0 saturated carbocycles. The number of likely N-dealkylation sites (N-methyl/N-ethyl adjacent to an activating group) is 1. The third kappa shape index (κ3) is 2.54. The highest BCUT2D eigenvalue weighted by Crippen LogP contribution is 2.44. The van der Waals surface area contributed by atoms with Gasteiger partial charge in [0.05, 0.1) is 28.4 Å². The van der Waals surface area contributed by atoms with Crippen molar-refractivity contribution in [3.8, 4) is 0 Å². The number of fused-ring (bicyclic) bond motifs is 1. The van der Waals surface area contributed by atoms with Crippen LogP contribution >= 0.6 is 0 Å². The lowest BCUT2D eigenvalue weighted by Crippen LogP contribution is -2.33. The molecule has 0 unspecified atom stereocenters. The number of halogens is 1. The van der Waals surface area contributed by atoms with Crippen LogP contribution in [0.15, 0.2) is 29.4 Å². The average Bonchev–Trinajstić information content (AvgIpc) is 2.76. The summed E-state index contributed by atoms with van der Waals surface area (Å²) in [6.45, 7) is 5.29. The molecule has 7 nitrogen and oxygen atoms in total. The molecule has 1 aromatic carbocycles. The lowest BCUT2D eigenvalue weighted by atomic mass is 9.85. The Morgan fingerprint density at radius 1 is 1.19 bits per heavy atom. The highest BCUT2D eigenvalue weighted by atomic mass is 32.2. The van der Waals surface area contributed by atoms with Gasteiger partial charge in [0.15, 0.2) is 5.82 Å². The van der Waals surface area contributed by atoms with Crippen molar-refractivity contribution in [1.82, 2.24) is 9.97 Å². The predicted molar refractivity (Wildman–Crippen MR) is 95.2 cm³/mol. The summed E-state index contributed by atoms with van der Waals surface area (Å²) in [4.78, 5) is 21.5. The fourth-order valence-electron chi connectivity index (χ4n) is 3.19. The van der Waals surface area contributed by atoms with Gasteiger partial charge in [0.2, 0.25) is 11.9 Å². The smallest absolute Gasteiger partial charge is 0.266 e. The Morgan fingerprint density at radius 3 is 2.35 bits per heavy atom. The number of hydrogen-bond donors (Lipinski definition) is 0. The Balaban J connectivity index is 2.13. The zero-order valence-corrected chi connectivity index (χ0v) is 15.9. The van der Waals surface area contributed by atoms with E-state index in [-0.39, 0.29) is 16.8 Å².